The Morgan fingerprint density at radius 3 is 1.00 bits per heavy atom. The summed E-state index contributed by atoms with van der Waals surface area (Å²) in [5.41, 5.74) is -4.86. The molecule has 0 bridgehead atoms. The third-order valence-electron chi connectivity index (χ3n) is 10.4. The van der Waals surface area contributed by atoms with Crippen molar-refractivity contribution >= 4 is 22.0 Å². The molecule has 0 heterocycles. The van der Waals surface area contributed by atoms with Crippen molar-refractivity contribution in [2.75, 3.05) is 0 Å². The SMILES string of the molecule is CCCCCCCCCCCCCCCC(=O)C(C)(O)C(C(OS(=O)(=O)O)C(C)O)C(C)(O)C(=O)CCCCCCCCCCCCCCC. The first-order valence-electron chi connectivity index (χ1n) is 20.5. The summed E-state index contributed by atoms with van der Waals surface area (Å²) in [7, 11) is -5.17. The molecule has 0 saturated carbocycles. The summed E-state index contributed by atoms with van der Waals surface area (Å²) in [6, 6.07) is 0. The van der Waals surface area contributed by atoms with E-state index in [2.05, 4.69) is 13.8 Å². The van der Waals surface area contributed by atoms with Gasteiger partial charge in [0.2, 0.25) is 0 Å². The van der Waals surface area contributed by atoms with Crippen LogP contribution in [0.15, 0.2) is 0 Å². The Balaban J connectivity index is 5.02. The zero-order chi connectivity index (χ0) is 37.9. The smallest absolute Gasteiger partial charge is 0.391 e. The van der Waals surface area contributed by atoms with E-state index >= 15 is 0 Å². The lowest BCUT2D eigenvalue weighted by Gasteiger charge is -2.44. The fourth-order valence-electron chi connectivity index (χ4n) is 7.20. The van der Waals surface area contributed by atoms with Crippen molar-refractivity contribution < 1.29 is 42.1 Å². The topological polar surface area (TPSA) is 158 Å². The van der Waals surface area contributed by atoms with Crippen LogP contribution in [-0.2, 0) is 24.2 Å². The van der Waals surface area contributed by atoms with E-state index in [1.54, 1.807) is 0 Å². The Labute approximate surface area is 307 Å². The zero-order valence-electron chi connectivity index (χ0n) is 32.8. The first-order valence-corrected chi connectivity index (χ1v) is 21.8. The van der Waals surface area contributed by atoms with Gasteiger partial charge >= 0.3 is 10.4 Å². The fourth-order valence-corrected chi connectivity index (χ4v) is 7.75. The van der Waals surface area contributed by atoms with Crippen molar-refractivity contribution in [3.05, 3.63) is 0 Å². The molecule has 10 heteroatoms. The summed E-state index contributed by atoms with van der Waals surface area (Å²) in [5.74, 6) is -3.24. The zero-order valence-corrected chi connectivity index (χ0v) is 33.6. The minimum Gasteiger partial charge on any atom is -0.391 e. The van der Waals surface area contributed by atoms with Crippen molar-refractivity contribution in [1.29, 1.82) is 0 Å². The average Bonchev–Trinajstić information content (AvgIpc) is 3.03. The molecule has 0 amide bonds. The van der Waals surface area contributed by atoms with Gasteiger partial charge in [0.05, 0.1) is 12.0 Å². The van der Waals surface area contributed by atoms with E-state index in [9.17, 15) is 37.9 Å². The lowest BCUT2D eigenvalue weighted by atomic mass is 9.67. The Bertz CT molecular complexity index is 908. The van der Waals surface area contributed by atoms with Gasteiger partial charge in [-0.25, -0.2) is 4.18 Å². The van der Waals surface area contributed by atoms with E-state index in [4.69, 9.17) is 4.18 Å². The van der Waals surface area contributed by atoms with Gasteiger partial charge in [-0.15, -0.1) is 0 Å². The number of aliphatic hydroxyl groups is 3. The number of hydrogen-bond acceptors (Lipinski definition) is 8. The van der Waals surface area contributed by atoms with Crippen LogP contribution in [0, 0.1) is 5.92 Å². The van der Waals surface area contributed by atoms with Gasteiger partial charge in [0, 0.05) is 12.8 Å². The first kappa shape index (κ1) is 49.1. The van der Waals surface area contributed by atoms with Crippen LogP contribution in [0.5, 0.6) is 0 Å². The molecule has 0 aliphatic carbocycles. The summed E-state index contributed by atoms with van der Waals surface area (Å²) in [4.78, 5) is 26.9. The molecular weight excluding hydrogens is 656 g/mol. The molecule has 0 spiro atoms. The number of aliphatic hydroxyl groups excluding tert-OH is 1. The number of Topliss-reactive ketones (excluding diaryl/α,β-unsaturated/α-hetero) is 2. The van der Waals surface area contributed by atoms with E-state index in [0.29, 0.717) is 12.8 Å². The molecule has 0 aliphatic heterocycles. The molecular formula is C40H78O9S. The van der Waals surface area contributed by atoms with Crippen LogP contribution in [0.4, 0.5) is 0 Å². The second-order valence-corrected chi connectivity index (χ2v) is 16.4. The van der Waals surface area contributed by atoms with Gasteiger partial charge in [-0.1, -0.05) is 168 Å². The number of carbonyl (C=O) groups is 2. The molecule has 0 aromatic rings. The van der Waals surface area contributed by atoms with Crippen LogP contribution >= 0.6 is 0 Å². The van der Waals surface area contributed by atoms with Crippen LogP contribution in [0.1, 0.15) is 214 Å². The summed E-state index contributed by atoms with van der Waals surface area (Å²) >= 11 is 0. The fraction of sp³-hybridized carbons (Fsp3) is 0.950. The van der Waals surface area contributed by atoms with Crippen molar-refractivity contribution in [3.63, 3.8) is 0 Å². The van der Waals surface area contributed by atoms with Gasteiger partial charge in [-0.05, 0) is 33.6 Å². The van der Waals surface area contributed by atoms with Crippen molar-refractivity contribution in [1.82, 2.24) is 0 Å². The Morgan fingerprint density at radius 1 is 0.540 bits per heavy atom. The normalized spacial score (nSPS) is 16.4. The minimum atomic E-state index is -5.17. The second-order valence-electron chi connectivity index (χ2n) is 15.3. The van der Waals surface area contributed by atoms with Crippen LogP contribution in [-0.4, -0.2) is 63.3 Å². The first-order chi connectivity index (χ1) is 23.6. The van der Waals surface area contributed by atoms with Gasteiger partial charge in [0.15, 0.2) is 11.6 Å². The van der Waals surface area contributed by atoms with E-state index in [1.807, 2.05) is 0 Å². The largest absolute Gasteiger partial charge is 0.397 e. The maximum atomic E-state index is 13.4. The highest BCUT2D eigenvalue weighted by molar-refractivity contribution is 7.80. The molecule has 0 aromatic carbocycles. The standard InChI is InChI=1S/C40H78O9S/c1-6-8-10-12-14-16-18-20-22-24-26-28-30-32-35(42)39(4,44)38(37(34(3)41)49-50(46,47)48)40(5,45)36(43)33-31-29-27-25-23-21-19-17-15-13-11-9-7-2/h34,37-38,41,44-45H,6-33H2,1-5H3,(H,46,47,48). The summed E-state index contributed by atoms with van der Waals surface area (Å²) in [5, 5.41) is 33.7. The number of unbranched alkanes of at least 4 members (excludes halogenated alkanes) is 24. The quantitative estimate of drug-likeness (QED) is 0.0363. The average molecular weight is 735 g/mol. The maximum absolute atomic E-state index is 13.4. The second kappa shape index (κ2) is 28.6. The van der Waals surface area contributed by atoms with Gasteiger partial charge in [0.1, 0.15) is 17.3 Å². The molecule has 0 aliphatic rings. The molecule has 0 radical (unpaired) electrons. The van der Waals surface area contributed by atoms with Crippen LogP contribution < -0.4 is 0 Å². The van der Waals surface area contributed by atoms with Crippen LogP contribution in [0.3, 0.4) is 0 Å². The maximum Gasteiger partial charge on any atom is 0.397 e. The van der Waals surface area contributed by atoms with Gasteiger partial charge in [0.25, 0.3) is 0 Å². The summed E-state index contributed by atoms with van der Waals surface area (Å²) in [6.45, 7) is 7.85. The van der Waals surface area contributed by atoms with Crippen LogP contribution in [0.2, 0.25) is 0 Å². The summed E-state index contributed by atoms with van der Waals surface area (Å²) < 4.78 is 37.7. The van der Waals surface area contributed by atoms with Crippen LogP contribution in [0.25, 0.3) is 0 Å². The van der Waals surface area contributed by atoms with E-state index < -0.39 is 51.3 Å². The van der Waals surface area contributed by atoms with Gasteiger partial charge in [-0.2, -0.15) is 8.42 Å². The molecule has 0 fully saturated rings. The molecule has 4 unspecified atom stereocenters. The number of carbonyl (C=O) groups excluding carboxylic acids is 2. The van der Waals surface area contributed by atoms with E-state index in [0.717, 1.165) is 72.1 Å². The van der Waals surface area contributed by atoms with Crippen molar-refractivity contribution in [2.45, 2.75) is 238 Å². The lowest BCUT2D eigenvalue weighted by molar-refractivity contribution is -0.185. The lowest BCUT2D eigenvalue weighted by Crippen LogP contribution is -2.63. The number of hydrogen-bond donors (Lipinski definition) is 4. The van der Waals surface area contributed by atoms with Gasteiger partial charge < -0.3 is 15.3 Å². The minimum absolute atomic E-state index is 0.0528. The predicted octanol–water partition coefficient (Wildman–Crippen LogP) is 9.77. The number of ketones is 2. The predicted molar refractivity (Wildman–Crippen MR) is 203 cm³/mol. The Morgan fingerprint density at radius 2 is 0.780 bits per heavy atom. The molecule has 9 nitrogen and oxygen atoms in total. The Kier molecular flexibility index (Phi) is 28.1. The highest BCUT2D eigenvalue weighted by atomic mass is 32.3. The molecule has 0 rings (SSSR count). The van der Waals surface area contributed by atoms with Crippen molar-refractivity contribution in [3.8, 4) is 0 Å². The molecule has 0 saturated heterocycles. The molecule has 4 N–H and O–H groups in total. The van der Waals surface area contributed by atoms with E-state index in [-0.39, 0.29) is 12.8 Å². The highest BCUT2D eigenvalue weighted by Gasteiger charge is 2.57. The van der Waals surface area contributed by atoms with Gasteiger partial charge in [-0.3, -0.25) is 14.1 Å². The monoisotopic (exact) mass is 735 g/mol. The Hall–Kier alpha value is -0.910. The van der Waals surface area contributed by atoms with Crippen molar-refractivity contribution in [2.24, 2.45) is 5.92 Å². The third-order valence-corrected chi connectivity index (χ3v) is 10.9. The molecule has 298 valence electrons. The number of rotatable bonds is 36. The highest BCUT2D eigenvalue weighted by Crippen LogP contribution is 2.38. The van der Waals surface area contributed by atoms with E-state index in [1.165, 1.54) is 103 Å². The molecule has 0 aromatic heterocycles. The molecule has 50 heavy (non-hydrogen) atoms. The third kappa shape index (κ3) is 22.9. The summed E-state index contributed by atoms with van der Waals surface area (Å²) in [6.07, 6.45) is 25.4. The molecule has 4 atom stereocenters.